The Morgan fingerprint density at radius 3 is 2.61 bits per heavy atom. The first-order valence-corrected chi connectivity index (χ1v) is 10.1. The quantitative estimate of drug-likeness (QED) is 0.325. The second-order valence-corrected chi connectivity index (χ2v) is 7.38. The van der Waals surface area contributed by atoms with E-state index < -0.39 is 0 Å². The topological polar surface area (TPSA) is 51.0 Å². The molecule has 5 aromatic rings. The van der Waals surface area contributed by atoms with Crippen LogP contribution in [0.25, 0.3) is 33.1 Å². The maximum Gasteiger partial charge on any atom is 0.0894 e. The lowest BCUT2D eigenvalue weighted by molar-refractivity contribution is 1.28. The summed E-state index contributed by atoms with van der Waals surface area (Å²) in [6.45, 7) is 6.03. The number of allylic oxidation sites excluding steroid dienone is 1. The molecule has 0 saturated carbocycles. The third kappa shape index (κ3) is 3.71. The molecule has 0 saturated heterocycles. The molecule has 0 atom stereocenters. The average molecular weight is 400 g/mol. The molecule has 0 aliphatic heterocycles. The Balaban J connectivity index is 1.51. The van der Waals surface area contributed by atoms with E-state index >= 15 is 0 Å². The van der Waals surface area contributed by atoms with Crippen LogP contribution in [-0.2, 0) is 0 Å². The number of hydrogen-bond acceptors (Lipinski definition) is 4. The Kier molecular flexibility index (Phi) is 4.81. The molecule has 0 amide bonds. The minimum absolute atomic E-state index is 0.826. The molecule has 0 spiro atoms. The van der Waals surface area contributed by atoms with Gasteiger partial charge in [-0.25, -0.2) is 9.98 Å². The summed E-state index contributed by atoms with van der Waals surface area (Å²) in [7, 11) is 0. The zero-order valence-electron chi connectivity index (χ0n) is 17.2. The van der Waals surface area contributed by atoms with Gasteiger partial charge in [-0.2, -0.15) is 0 Å². The molecule has 2 aromatic heterocycles. The summed E-state index contributed by atoms with van der Waals surface area (Å²) < 4.78 is 0. The van der Waals surface area contributed by atoms with Crippen LogP contribution in [0.3, 0.4) is 0 Å². The van der Waals surface area contributed by atoms with E-state index in [1.165, 1.54) is 0 Å². The van der Waals surface area contributed by atoms with Gasteiger partial charge >= 0.3 is 0 Å². The van der Waals surface area contributed by atoms with Crippen molar-refractivity contribution in [3.05, 3.63) is 109 Å². The normalized spacial score (nSPS) is 11.7. The molecule has 0 aliphatic carbocycles. The smallest absolute Gasteiger partial charge is 0.0894 e. The van der Waals surface area contributed by atoms with E-state index in [1.807, 2.05) is 54.9 Å². The Labute approximate surface area is 180 Å². The first-order chi connectivity index (χ1) is 15.2. The highest BCUT2D eigenvalue weighted by molar-refractivity contribution is 6.11. The summed E-state index contributed by atoms with van der Waals surface area (Å²) in [6, 6.07) is 22.3. The van der Waals surface area contributed by atoms with Crippen molar-refractivity contribution in [3.63, 3.8) is 0 Å². The van der Waals surface area contributed by atoms with E-state index in [2.05, 4.69) is 47.7 Å². The number of rotatable bonds is 4. The molecule has 0 unspecified atom stereocenters. The first kappa shape index (κ1) is 18.8. The molecule has 31 heavy (non-hydrogen) atoms. The zero-order chi connectivity index (χ0) is 21.2. The molecular formula is C27H20N4. The Morgan fingerprint density at radius 1 is 0.903 bits per heavy atom. The van der Waals surface area contributed by atoms with Crippen LogP contribution in [0.15, 0.2) is 103 Å². The minimum Gasteiger partial charge on any atom is -0.264 e. The largest absolute Gasteiger partial charge is 0.264 e. The number of hydrogen-bond donors (Lipinski definition) is 0. The summed E-state index contributed by atoms with van der Waals surface area (Å²) in [4.78, 5) is 18.4. The lowest BCUT2D eigenvalue weighted by Gasteiger charge is -2.08. The number of nitrogens with zero attached hydrogens (tertiary/aromatic N) is 4. The van der Waals surface area contributed by atoms with Crippen molar-refractivity contribution in [2.45, 2.75) is 6.92 Å². The van der Waals surface area contributed by atoms with E-state index in [0.29, 0.717) is 0 Å². The number of benzene rings is 3. The molecular weight excluding hydrogens is 380 g/mol. The van der Waals surface area contributed by atoms with Crippen molar-refractivity contribution in [1.29, 1.82) is 0 Å². The van der Waals surface area contributed by atoms with Gasteiger partial charge in [0.1, 0.15) is 0 Å². The van der Waals surface area contributed by atoms with Gasteiger partial charge < -0.3 is 0 Å². The van der Waals surface area contributed by atoms with Crippen molar-refractivity contribution >= 4 is 33.2 Å². The van der Waals surface area contributed by atoms with Gasteiger partial charge in [0.25, 0.3) is 0 Å². The van der Waals surface area contributed by atoms with Crippen LogP contribution >= 0.6 is 0 Å². The van der Waals surface area contributed by atoms with Crippen LogP contribution < -0.4 is 0 Å². The molecule has 0 radical (unpaired) electrons. The van der Waals surface area contributed by atoms with Gasteiger partial charge in [0, 0.05) is 28.9 Å². The molecule has 0 fully saturated rings. The van der Waals surface area contributed by atoms with Gasteiger partial charge in [-0.15, -0.1) is 0 Å². The number of pyridine rings is 1. The highest BCUT2D eigenvalue weighted by atomic mass is 14.8. The SMILES string of the molecule is C=CC(=Nc1ccc(-c2cnc3ccccc3n2)cc1C)c1ccc2ccncc2c1. The van der Waals surface area contributed by atoms with Crippen molar-refractivity contribution < 1.29 is 0 Å². The predicted octanol–water partition coefficient (Wildman–Crippen LogP) is 6.46. The third-order valence-corrected chi connectivity index (χ3v) is 5.31. The molecule has 5 rings (SSSR count). The molecule has 148 valence electrons. The van der Waals surface area contributed by atoms with E-state index in [0.717, 1.165) is 55.6 Å². The molecule has 4 heteroatoms. The van der Waals surface area contributed by atoms with Gasteiger partial charge in [-0.05, 0) is 60.3 Å². The van der Waals surface area contributed by atoms with E-state index in [1.54, 1.807) is 12.3 Å². The van der Waals surface area contributed by atoms with Gasteiger partial charge in [0.2, 0.25) is 0 Å². The molecule has 0 bridgehead atoms. The molecule has 0 N–H and O–H groups in total. The summed E-state index contributed by atoms with van der Waals surface area (Å²) in [5, 5.41) is 2.23. The van der Waals surface area contributed by atoms with Crippen LogP contribution in [0, 0.1) is 6.92 Å². The number of aliphatic imine (C=N–C) groups is 1. The highest BCUT2D eigenvalue weighted by Gasteiger charge is 2.07. The maximum absolute atomic E-state index is 4.88. The fourth-order valence-electron chi connectivity index (χ4n) is 3.64. The molecule has 3 aromatic carbocycles. The van der Waals surface area contributed by atoms with Crippen molar-refractivity contribution in [1.82, 2.24) is 15.0 Å². The second kappa shape index (κ2) is 7.92. The fourth-order valence-corrected chi connectivity index (χ4v) is 3.64. The monoisotopic (exact) mass is 400 g/mol. The van der Waals surface area contributed by atoms with Crippen molar-refractivity contribution in [2.24, 2.45) is 4.99 Å². The summed E-state index contributed by atoms with van der Waals surface area (Å²) in [5.41, 5.74) is 7.46. The van der Waals surface area contributed by atoms with Crippen molar-refractivity contribution in [3.8, 4) is 11.3 Å². The summed E-state index contributed by atoms with van der Waals surface area (Å²) in [5.74, 6) is 0. The van der Waals surface area contributed by atoms with Gasteiger partial charge in [-0.3, -0.25) is 9.97 Å². The minimum atomic E-state index is 0.826. The molecule has 2 heterocycles. The highest BCUT2D eigenvalue weighted by Crippen LogP contribution is 2.27. The first-order valence-electron chi connectivity index (χ1n) is 10.1. The Morgan fingerprint density at radius 2 is 1.77 bits per heavy atom. The Hall–Kier alpha value is -4.18. The van der Waals surface area contributed by atoms with Crippen LogP contribution in [0.5, 0.6) is 0 Å². The predicted molar refractivity (Wildman–Crippen MR) is 128 cm³/mol. The maximum atomic E-state index is 4.88. The fraction of sp³-hybridized carbons (Fsp3) is 0.0370. The van der Waals surface area contributed by atoms with Crippen LogP contribution in [-0.4, -0.2) is 20.7 Å². The van der Waals surface area contributed by atoms with Crippen molar-refractivity contribution in [2.75, 3.05) is 0 Å². The van der Waals surface area contributed by atoms with Crippen LogP contribution in [0.4, 0.5) is 5.69 Å². The lowest BCUT2D eigenvalue weighted by Crippen LogP contribution is -1.96. The number of para-hydroxylation sites is 2. The summed E-state index contributed by atoms with van der Waals surface area (Å²) in [6.07, 6.45) is 7.28. The number of aromatic nitrogens is 3. The van der Waals surface area contributed by atoms with Gasteiger partial charge in [-0.1, -0.05) is 36.9 Å². The van der Waals surface area contributed by atoms with E-state index in [4.69, 9.17) is 9.98 Å². The van der Waals surface area contributed by atoms with Gasteiger partial charge in [0.15, 0.2) is 0 Å². The lowest BCUT2D eigenvalue weighted by atomic mass is 10.0. The van der Waals surface area contributed by atoms with E-state index in [-0.39, 0.29) is 0 Å². The van der Waals surface area contributed by atoms with E-state index in [9.17, 15) is 0 Å². The van der Waals surface area contributed by atoms with Crippen LogP contribution in [0.1, 0.15) is 11.1 Å². The zero-order valence-corrected chi connectivity index (χ0v) is 17.2. The average Bonchev–Trinajstić information content (AvgIpc) is 2.82. The number of fused-ring (bicyclic) bond motifs is 2. The van der Waals surface area contributed by atoms with Gasteiger partial charge in [0.05, 0.1) is 34.3 Å². The molecule has 0 aliphatic rings. The standard InChI is InChI=1S/C27H20N4/c1-3-23(21-9-8-19-12-13-28-16-22(19)15-21)30-24-11-10-20(14-18(24)2)27-17-29-25-6-4-5-7-26(25)31-27/h3-17H,1H2,2H3. The summed E-state index contributed by atoms with van der Waals surface area (Å²) >= 11 is 0. The Bertz CT molecular complexity index is 1470. The van der Waals surface area contributed by atoms with Crippen LogP contribution in [0.2, 0.25) is 0 Å². The second-order valence-electron chi connectivity index (χ2n) is 7.38. The molecule has 4 nitrogen and oxygen atoms in total. The third-order valence-electron chi connectivity index (χ3n) is 5.31. The number of aryl methyl sites for hydroxylation is 1.